The number of fused-ring (bicyclic) bond motifs is 2. The molecule has 0 radical (unpaired) electrons. The Labute approximate surface area is 557 Å². The lowest BCUT2D eigenvalue weighted by Crippen LogP contribution is -2.78. The minimum absolute atomic E-state index is 0.0310. The molecule has 23 atom stereocenters. The average Bonchev–Trinajstić information content (AvgIpc) is 1.61. The van der Waals surface area contributed by atoms with E-state index in [2.05, 4.69) is 22.5 Å². The van der Waals surface area contributed by atoms with Gasteiger partial charge in [0, 0.05) is 52.3 Å². The average molecular weight is 1380 g/mol. The number of ether oxygens (including phenoxy) is 8. The van der Waals surface area contributed by atoms with Crippen LogP contribution in [0.1, 0.15) is 171 Å². The van der Waals surface area contributed by atoms with Crippen molar-refractivity contribution in [1.82, 2.24) is 0 Å². The first kappa shape index (κ1) is 75.3. The third-order valence-corrected chi connectivity index (χ3v) is 24.9. The second kappa shape index (κ2) is 25.6. The van der Waals surface area contributed by atoms with Crippen LogP contribution in [-0.2, 0) is 66.7 Å². The summed E-state index contributed by atoms with van der Waals surface area (Å²) < 4.78 is 48.1. The van der Waals surface area contributed by atoms with Gasteiger partial charge in [0.2, 0.25) is 6.10 Å². The zero-order valence-corrected chi connectivity index (χ0v) is 60.0. The molecule has 0 aromatic rings. The maximum Gasteiger partial charge on any atom is 0.348 e. The highest BCUT2D eigenvalue weighted by atomic mass is 79.9. The van der Waals surface area contributed by atoms with E-state index in [0.29, 0.717) is 12.8 Å². The molecule has 4 heterocycles. The molecule has 526 valence electrons. The quantitative estimate of drug-likeness (QED) is 0.0260. The maximum absolute atomic E-state index is 14.0. The molecule has 8 fully saturated rings. The summed E-state index contributed by atoms with van der Waals surface area (Å²) in [6, 6.07) is 0. The van der Waals surface area contributed by atoms with E-state index in [-0.39, 0.29) is 84.6 Å². The van der Waals surface area contributed by atoms with Gasteiger partial charge in [-0.1, -0.05) is 117 Å². The summed E-state index contributed by atoms with van der Waals surface area (Å²) in [5, 5.41) is 82.0. The monoisotopic (exact) mass is 1380 g/mol. The number of carbonyl (C=O) groups excluding carboxylic acids is 6. The fourth-order valence-corrected chi connectivity index (χ4v) is 20.3. The normalized spacial score (nSPS) is 41.8. The Morgan fingerprint density at radius 1 is 0.688 bits per heavy atom. The standard InChI is InChI=1S/C35H53BrO11.C30H44O9.C6H12O/c1-16(2)34(41,17(3)4)13-23(38)45-26-25-19(6)27(39)35(42)30-32(10)20(12-22(44-29(26)40)33(25,30)15-43-35)18(5)11-21(37)28(32)46-24(14-36)47-31(7,8)9;1-13(2)29(36,14(3)4)11-17(31)9-18-22-16(6)23(33)30(37)26-27(7)19(15(5)8-20(32)24(27)34)10-21(39-25(18)35)28(22,26)12-38-30;1-5-7-6(2,3)4/h11,16-17,19-20,22,24-28,30,39,41-42H,12-15H2,1-10H3;8,13-14,16,18-19,21-24,26,33-34,36-37H,9-12H2,1-7H3;5H,1H2,2-4H3/t19-,20+,22-,24?,25?,26?,27-,28-,30?,32-,33+,35+;16-,18?,19+,21-,22?,23-,24-,26?,27-,28+,30-;/m11./s1. The number of esters is 3. The number of carbonyl (C=O) groups is 6. The molecule has 4 aliphatic heterocycles. The van der Waals surface area contributed by atoms with Gasteiger partial charge in [-0.2, -0.15) is 0 Å². The van der Waals surface area contributed by atoms with E-state index in [4.69, 9.17) is 37.9 Å². The molecule has 4 saturated heterocycles. The first-order valence-electron chi connectivity index (χ1n) is 33.6. The highest BCUT2D eigenvalue weighted by Gasteiger charge is 2.85. The van der Waals surface area contributed by atoms with Gasteiger partial charge in [0.1, 0.15) is 42.4 Å². The topological polar surface area (TPSA) is 318 Å². The molecule has 0 aromatic carbocycles. The van der Waals surface area contributed by atoms with Crippen molar-refractivity contribution >= 4 is 51.2 Å². The van der Waals surface area contributed by atoms with Gasteiger partial charge in [-0.25, -0.2) is 4.79 Å². The molecule has 0 aromatic heterocycles. The van der Waals surface area contributed by atoms with Crippen LogP contribution >= 0.6 is 15.9 Å². The molecule has 7 N–H and O–H groups in total. The molecule has 2 spiro atoms. The minimum atomic E-state index is -2.12. The lowest BCUT2D eigenvalue weighted by Gasteiger charge is -2.68. The number of hydrogen-bond donors (Lipinski definition) is 7. The van der Waals surface area contributed by atoms with Gasteiger partial charge in [0.05, 0.1) is 59.5 Å². The lowest BCUT2D eigenvalue weighted by atomic mass is 9.37. The van der Waals surface area contributed by atoms with Crippen molar-refractivity contribution in [2.75, 3.05) is 18.5 Å². The zero-order chi connectivity index (χ0) is 70.2. The Morgan fingerprint density at radius 2 is 1.13 bits per heavy atom. The van der Waals surface area contributed by atoms with Crippen LogP contribution in [0.3, 0.4) is 0 Å². The molecule has 22 heteroatoms. The Hall–Kier alpha value is -3.52. The summed E-state index contributed by atoms with van der Waals surface area (Å²) in [6.07, 6.45) is -4.73. The second-order valence-electron chi connectivity index (χ2n) is 32.9. The molecule has 93 heavy (non-hydrogen) atoms. The van der Waals surface area contributed by atoms with Crippen molar-refractivity contribution in [3.05, 3.63) is 36.1 Å². The van der Waals surface area contributed by atoms with Gasteiger partial charge in [-0.15, -0.1) is 0 Å². The van der Waals surface area contributed by atoms with Crippen LogP contribution in [0.5, 0.6) is 0 Å². The van der Waals surface area contributed by atoms with Gasteiger partial charge >= 0.3 is 17.9 Å². The van der Waals surface area contributed by atoms with Crippen LogP contribution in [0.15, 0.2) is 36.1 Å². The van der Waals surface area contributed by atoms with Crippen LogP contribution in [0.2, 0.25) is 0 Å². The summed E-state index contributed by atoms with van der Waals surface area (Å²) in [5.41, 5.74) is -6.30. The summed E-state index contributed by atoms with van der Waals surface area (Å²) >= 11 is 3.46. The number of hydrogen-bond acceptors (Lipinski definition) is 21. The first-order chi connectivity index (χ1) is 42.6. The third kappa shape index (κ3) is 11.9. The van der Waals surface area contributed by atoms with Crippen molar-refractivity contribution in [1.29, 1.82) is 0 Å². The van der Waals surface area contributed by atoms with Gasteiger partial charge in [-0.3, -0.25) is 24.0 Å². The molecule has 10 aliphatic rings. The lowest BCUT2D eigenvalue weighted by molar-refractivity contribution is -0.347. The van der Waals surface area contributed by atoms with E-state index >= 15 is 0 Å². The minimum Gasteiger partial charge on any atom is -0.496 e. The SMILES string of the molecule is C=COC(C)(C)C.CC1=CC(=O)[C@@H](O)[C@]2(C)C3[C@]45CO[C@]3(O)[C@H](O)[C@H](C)C4C(CC(=O)CC(O)(C(C)C)C(C)C)C(=O)O[C@@H]5C[C@@H]12.CC1=CC(=O)[C@@H](OC(CBr)OC(C)(C)C)[C@]2(C)C3[C@]45CO[C@@]3(O)[C@H](O)[C@H](C)C4C(OC(=O)CC(O)(C(C)C)C(C)C)C(=O)O[C@@H]5C[C@@H]12. The summed E-state index contributed by atoms with van der Waals surface area (Å²) in [7, 11) is 0. The first-order valence-corrected chi connectivity index (χ1v) is 34.7. The Morgan fingerprint density at radius 3 is 1.58 bits per heavy atom. The number of ketones is 3. The maximum atomic E-state index is 14.0. The Kier molecular flexibility index (Phi) is 20.8. The van der Waals surface area contributed by atoms with Gasteiger partial charge < -0.3 is 73.6 Å². The fourth-order valence-electron chi connectivity index (χ4n) is 20.0. The van der Waals surface area contributed by atoms with Gasteiger partial charge in [-0.05, 0) is 134 Å². The zero-order valence-electron chi connectivity index (χ0n) is 58.4. The largest absolute Gasteiger partial charge is 0.496 e. The second-order valence-corrected chi connectivity index (χ2v) is 33.6. The van der Waals surface area contributed by atoms with Crippen LogP contribution in [0, 0.1) is 98.6 Å². The van der Waals surface area contributed by atoms with Crippen LogP contribution < -0.4 is 0 Å². The number of halogens is 1. The van der Waals surface area contributed by atoms with E-state index in [1.54, 1.807) is 33.8 Å². The third-order valence-electron chi connectivity index (χ3n) is 24.4. The number of aliphatic hydroxyl groups excluding tert-OH is 3. The number of rotatable bonds is 16. The van der Waals surface area contributed by atoms with E-state index < -0.39 is 170 Å². The summed E-state index contributed by atoms with van der Waals surface area (Å²) in [4.78, 5) is 81.3. The molecular weight excluding hydrogens is 1270 g/mol. The van der Waals surface area contributed by atoms with Crippen molar-refractivity contribution < 1.29 is 102 Å². The molecule has 10 rings (SSSR count). The van der Waals surface area contributed by atoms with E-state index in [9.17, 15) is 64.5 Å². The Balaban J connectivity index is 0.000000219. The van der Waals surface area contributed by atoms with Crippen LogP contribution in [0.25, 0.3) is 0 Å². The molecule has 21 nitrogen and oxygen atoms in total. The highest BCUT2D eigenvalue weighted by Crippen LogP contribution is 2.76. The van der Waals surface area contributed by atoms with E-state index in [1.807, 2.05) is 111 Å². The van der Waals surface area contributed by atoms with Crippen molar-refractivity contribution in [3.8, 4) is 0 Å². The molecular formula is C71H109BrO21. The summed E-state index contributed by atoms with van der Waals surface area (Å²) in [6.45, 7) is 40.3. The number of alkyl halides is 1. The van der Waals surface area contributed by atoms with Crippen molar-refractivity contribution in [2.45, 2.75) is 254 Å². The fraction of sp³-hybridized carbons (Fsp3) is 0.831. The Bertz CT molecular complexity index is 2940. The smallest absolute Gasteiger partial charge is 0.348 e. The van der Waals surface area contributed by atoms with Gasteiger partial charge in [0.15, 0.2) is 29.4 Å². The molecule has 7 unspecified atom stereocenters. The molecule has 6 aliphatic carbocycles. The predicted molar refractivity (Wildman–Crippen MR) is 343 cm³/mol. The molecule has 0 amide bonds. The summed E-state index contributed by atoms with van der Waals surface area (Å²) in [5.74, 6) is -14.6. The van der Waals surface area contributed by atoms with Gasteiger partial charge in [0.25, 0.3) is 0 Å². The molecule has 4 bridgehead atoms. The van der Waals surface area contributed by atoms with E-state index in [0.717, 1.165) is 11.1 Å². The van der Waals surface area contributed by atoms with Crippen LogP contribution in [0.4, 0.5) is 0 Å². The molecule has 4 saturated carbocycles. The number of Topliss-reactive ketones (excluding diaryl/α,β-unsaturated/α-hetero) is 1. The highest BCUT2D eigenvalue weighted by molar-refractivity contribution is 9.09. The number of allylic oxidation sites excluding steroid dienone is 2. The van der Waals surface area contributed by atoms with E-state index in [1.165, 1.54) is 12.3 Å². The van der Waals surface area contributed by atoms with Crippen molar-refractivity contribution in [2.24, 2.45) is 98.6 Å². The number of aliphatic hydroxyl groups is 7. The van der Waals surface area contributed by atoms with Crippen molar-refractivity contribution in [3.63, 3.8) is 0 Å². The van der Waals surface area contributed by atoms with Crippen LogP contribution in [-0.4, -0.2) is 173 Å². The predicted octanol–water partition coefficient (Wildman–Crippen LogP) is 7.41.